The number of β-amino-alcohol motifs (C(OH)–C–C–N with tert-alkyl or cyclic N) is 1. The Kier molecular flexibility index (Phi) is 4.78. The number of aromatic nitrogens is 1. The Hall–Kier alpha value is -2.18. The van der Waals surface area contributed by atoms with Gasteiger partial charge in [-0.25, -0.2) is 4.39 Å². The van der Waals surface area contributed by atoms with Gasteiger partial charge in [-0.2, -0.15) is 0 Å². The van der Waals surface area contributed by atoms with Gasteiger partial charge in [0, 0.05) is 19.6 Å². The first kappa shape index (κ1) is 18.2. The molecule has 1 aromatic heterocycles. The van der Waals surface area contributed by atoms with Crippen LogP contribution >= 0.6 is 0 Å². The zero-order chi connectivity index (χ0) is 19.0. The van der Waals surface area contributed by atoms with Crippen LogP contribution < -0.4 is 4.74 Å². The number of likely N-dealkylation sites (tertiary alicyclic amines) is 1. The molecule has 27 heavy (non-hydrogen) atoms. The number of aliphatic hydroxyl groups is 1. The number of fused-ring (bicyclic) bond motifs is 1. The standard InChI is InChI=1S/C21H25FN2O3/c1-21-9-16(27-20-5-3-2-4-17(20)22)8-14(21)11-24(13-21)12-19(26)18-7-6-15(25)10-23-18/h2-7,10,14,16,19,25-26H,8-9,11-13H2,1H3/t14?,16-,19-,21-/m1/s1. The number of hydrogen-bond donors (Lipinski definition) is 2. The highest BCUT2D eigenvalue weighted by molar-refractivity contribution is 5.24. The summed E-state index contributed by atoms with van der Waals surface area (Å²) in [6.07, 6.45) is 2.48. The number of nitrogens with zero attached hydrogens (tertiary/aromatic N) is 2. The van der Waals surface area contributed by atoms with E-state index in [4.69, 9.17) is 4.74 Å². The molecule has 1 aliphatic heterocycles. The number of para-hydroxylation sites is 1. The highest BCUT2D eigenvalue weighted by atomic mass is 19.1. The van der Waals surface area contributed by atoms with E-state index in [0.29, 0.717) is 23.9 Å². The summed E-state index contributed by atoms with van der Waals surface area (Å²) in [5.41, 5.74) is 0.675. The molecule has 2 N–H and O–H groups in total. The van der Waals surface area contributed by atoms with Crippen LogP contribution in [0.3, 0.4) is 0 Å². The number of rotatable bonds is 5. The molecular formula is C21H25FN2O3. The predicted octanol–water partition coefficient (Wildman–Crippen LogP) is 3.14. The maximum Gasteiger partial charge on any atom is 0.165 e. The molecule has 2 heterocycles. The lowest BCUT2D eigenvalue weighted by molar-refractivity contribution is 0.107. The topological polar surface area (TPSA) is 65.8 Å². The maximum absolute atomic E-state index is 13.8. The lowest BCUT2D eigenvalue weighted by Gasteiger charge is -2.25. The fourth-order valence-corrected chi connectivity index (χ4v) is 4.63. The molecule has 1 saturated carbocycles. The number of ether oxygens (including phenoxy) is 1. The number of benzene rings is 1. The summed E-state index contributed by atoms with van der Waals surface area (Å²) in [6, 6.07) is 9.74. The van der Waals surface area contributed by atoms with Crippen molar-refractivity contribution in [1.82, 2.24) is 9.88 Å². The van der Waals surface area contributed by atoms with E-state index in [9.17, 15) is 14.6 Å². The molecule has 1 unspecified atom stereocenters. The molecule has 2 aromatic rings. The van der Waals surface area contributed by atoms with Gasteiger partial charge in [0.15, 0.2) is 11.6 Å². The van der Waals surface area contributed by atoms with Crippen molar-refractivity contribution in [3.63, 3.8) is 0 Å². The van der Waals surface area contributed by atoms with E-state index in [2.05, 4.69) is 16.8 Å². The van der Waals surface area contributed by atoms with Crippen molar-refractivity contribution in [2.45, 2.75) is 32.0 Å². The maximum atomic E-state index is 13.8. The molecule has 1 aromatic carbocycles. The van der Waals surface area contributed by atoms with Gasteiger partial charge in [0.25, 0.3) is 0 Å². The first-order chi connectivity index (χ1) is 12.9. The molecule has 4 rings (SSSR count). The molecule has 0 radical (unpaired) electrons. The van der Waals surface area contributed by atoms with E-state index in [1.165, 1.54) is 18.3 Å². The Morgan fingerprint density at radius 1 is 1.33 bits per heavy atom. The van der Waals surface area contributed by atoms with Gasteiger partial charge in [-0.05, 0) is 48.4 Å². The van der Waals surface area contributed by atoms with E-state index < -0.39 is 6.10 Å². The van der Waals surface area contributed by atoms with E-state index in [1.54, 1.807) is 24.3 Å². The quantitative estimate of drug-likeness (QED) is 0.844. The Morgan fingerprint density at radius 2 is 2.15 bits per heavy atom. The Balaban J connectivity index is 1.35. The smallest absolute Gasteiger partial charge is 0.165 e. The predicted molar refractivity (Wildman–Crippen MR) is 98.9 cm³/mol. The molecule has 2 aliphatic rings. The minimum atomic E-state index is -0.682. The van der Waals surface area contributed by atoms with Crippen molar-refractivity contribution in [2.75, 3.05) is 19.6 Å². The molecule has 0 amide bonds. The average Bonchev–Trinajstić information content (AvgIpc) is 3.07. The van der Waals surface area contributed by atoms with Gasteiger partial charge in [-0.1, -0.05) is 19.1 Å². The highest BCUT2D eigenvalue weighted by Crippen LogP contribution is 2.49. The van der Waals surface area contributed by atoms with E-state index in [1.807, 2.05) is 0 Å². The van der Waals surface area contributed by atoms with Gasteiger partial charge in [0.05, 0.1) is 18.0 Å². The number of aliphatic hydroxyl groups excluding tert-OH is 1. The van der Waals surface area contributed by atoms with Crippen molar-refractivity contribution >= 4 is 0 Å². The lowest BCUT2D eigenvalue weighted by Crippen LogP contribution is -2.31. The van der Waals surface area contributed by atoms with Crippen molar-refractivity contribution < 1.29 is 19.3 Å². The molecule has 1 saturated heterocycles. The number of pyridine rings is 1. The van der Waals surface area contributed by atoms with Gasteiger partial charge >= 0.3 is 0 Å². The SMILES string of the molecule is C[C@]12C[C@H](Oc3ccccc3F)CC1CN(C[C@@H](O)c1ccc(O)cn1)C2. The Morgan fingerprint density at radius 3 is 2.85 bits per heavy atom. The zero-order valence-corrected chi connectivity index (χ0v) is 15.4. The molecule has 5 nitrogen and oxygen atoms in total. The van der Waals surface area contributed by atoms with E-state index in [0.717, 1.165) is 25.9 Å². The van der Waals surface area contributed by atoms with Crippen molar-refractivity contribution in [1.29, 1.82) is 0 Å². The lowest BCUT2D eigenvalue weighted by atomic mass is 9.83. The molecule has 144 valence electrons. The van der Waals surface area contributed by atoms with Gasteiger partial charge < -0.3 is 14.9 Å². The first-order valence-corrected chi connectivity index (χ1v) is 9.39. The van der Waals surface area contributed by atoms with E-state index >= 15 is 0 Å². The average molecular weight is 372 g/mol. The van der Waals surface area contributed by atoms with E-state index in [-0.39, 0.29) is 23.1 Å². The number of aromatic hydroxyl groups is 1. The normalized spacial score (nSPS) is 28.9. The van der Waals surface area contributed by atoms with Crippen LogP contribution in [0.1, 0.15) is 31.6 Å². The summed E-state index contributed by atoms with van der Waals surface area (Å²) in [5.74, 6) is 0.576. The van der Waals surface area contributed by atoms with Crippen LogP contribution in [0.15, 0.2) is 42.6 Å². The van der Waals surface area contributed by atoms with Crippen molar-refractivity contribution in [3.8, 4) is 11.5 Å². The summed E-state index contributed by atoms with van der Waals surface area (Å²) in [4.78, 5) is 6.36. The second kappa shape index (κ2) is 7.09. The fourth-order valence-electron chi connectivity index (χ4n) is 4.63. The third kappa shape index (κ3) is 3.77. The largest absolute Gasteiger partial charge is 0.506 e. The van der Waals surface area contributed by atoms with Crippen LogP contribution in [0.2, 0.25) is 0 Å². The van der Waals surface area contributed by atoms with Gasteiger partial charge in [-0.15, -0.1) is 0 Å². The summed E-state index contributed by atoms with van der Waals surface area (Å²) in [6.45, 7) is 4.54. The fraction of sp³-hybridized carbons (Fsp3) is 0.476. The van der Waals surface area contributed by atoms with Crippen LogP contribution in [0, 0.1) is 17.2 Å². The number of halogens is 1. The molecule has 0 bridgehead atoms. The summed E-state index contributed by atoms with van der Waals surface area (Å²) < 4.78 is 19.8. The minimum Gasteiger partial charge on any atom is -0.506 e. The third-order valence-corrected chi connectivity index (χ3v) is 5.96. The number of hydrogen-bond acceptors (Lipinski definition) is 5. The van der Waals surface area contributed by atoms with Crippen LogP contribution in [0.4, 0.5) is 4.39 Å². The molecule has 0 spiro atoms. The van der Waals surface area contributed by atoms with Gasteiger partial charge in [0.2, 0.25) is 0 Å². The monoisotopic (exact) mass is 372 g/mol. The molecule has 4 atom stereocenters. The summed E-state index contributed by atoms with van der Waals surface area (Å²) in [7, 11) is 0. The molecular weight excluding hydrogens is 347 g/mol. The van der Waals surface area contributed by atoms with Gasteiger partial charge in [0.1, 0.15) is 11.9 Å². The highest BCUT2D eigenvalue weighted by Gasteiger charge is 2.50. The second-order valence-corrected chi connectivity index (χ2v) is 8.11. The molecule has 1 aliphatic carbocycles. The summed E-state index contributed by atoms with van der Waals surface area (Å²) >= 11 is 0. The summed E-state index contributed by atoms with van der Waals surface area (Å²) in [5, 5.41) is 19.8. The molecule has 6 heteroatoms. The zero-order valence-electron chi connectivity index (χ0n) is 15.4. The first-order valence-electron chi connectivity index (χ1n) is 9.39. The Labute approximate surface area is 158 Å². The van der Waals surface area contributed by atoms with Crippen molar-refractivity contribution in [2.24, 2.45) is 11.3 Å². The Bertz CT molecular complexity index is 800. The van der Waals surface area contributed by atoms with Crippen LogP contribution in [0.25, 0.3) is 0 Å². The van der Waals surface area contributed by atoms with Crippen LogP contribution in [-0.4, -0.2) is 45.8 Å². The molecule has 2 fully saturated rings. The third-order valence-electron chi connectivity index (χ3n) is 5.96. The van der Waals surface area contributed by atoms with Crippen molar-refractivity contribution in [3.05, 3.63) is 54.1 Å². The minimum absolute atomic E-state index is 0.0303. The van der Waals surface area contributed by atoms with Crippen LogP contribution in [0.5, 0.6) is 11.5 Å². The second-order valence-electron chi connectivity index (χ2n) is 8.11. The van der Waals surface area contributed by atoms with Gasteiger partial charge in [-0.3, -0.25) is 9.88 Å². The van der Waals surface area contributed by atoms with Crippen LogP contribution in [-0.2, 0) is 0 Å².